The van der Waals surface area contributed by atoms with Crippen LogP contribution in [0.1, 0.15) is 60.8 Å². The van der Waals surface area contributed by atoms with Gasteiger partial charge in [-0.3, -0.25) is 28.0 Å². The predicted octanol–water partition coefficient (Wildman–Crippen LogP) is 2.88. The van der Waals surface area contributed by atoms with Crippen molar-refractivity contribution in [3.63, 3.8) is 0 Å². The normalized spacial score (nSPS) is 18.9. The van der Waals surface area contributed by atoms with E-state index in [0.717, 1.165) is 20.8 Å². The van der Waals surface area contributed by atoms with Gasteiger partial charge < -0.3 is 15.3 Å². The second-order valence-corrected chi connectivity index (χ2v) is 9.83. The Morgan fingerprint density at radius 2 is 0.844 bits per heavy atom. The number of allylic oxidation sites excluding steroid dienone is 3. The molecule has 11 heteroatoms. The third-order valence-electron chi connectivity index (χ3n) is 3.82. The van der Waals surface area contributed by atoms with Gasteiger partial charge in [-0.1, -0.05) is 19.7 Å². The van der Waals surface area contributed by atoms with Crippen molar-refractivity contribution in [3.8, 4) is 0 Å². The number of ketones is 3. The summed E-state index contributed by atoms with van der Waals surface area (Å²) in [7, 11) is -5.14. The molecule has 3 unspecified atom stereocenters. The zero-order chi connectivity index (χ0) is 25.7. The highest BCUT2D eigenvalue weighted by atomic mass is 31.2. The summed E-state index contributed by atoms with van der Waals surface area (Å²) in [6, 6.07) is 0. The summed E-state index contributed by atoms with van der Waals surface area (Å²) in [4.78, 5) is 35.8. The van der Waals surface area contributed by atoms with E-state index in [1.54, 1.807) is 0 Å². The molecule has 0 bridgehead atoms. The molecule has 0 spiro atoms. The van der Waals surface area contributed by atoms with Crippen LogP contribution in [0.3, 0.4) is 0 Å². The molecule has 0 aromatic heterocycles. The number of phosphoric ester groups is 1. The van der Waals surface area contributed by atoms with Gasteiger partial charge in [0.2, 0.25) is 0 Å². The third-order valence-corrected chi connectivity index (χ3v) is 5.67. The number of carbonyl (C=O) groups excluding carboxylic acids is 3. The van der Waals surface area contributed by atoms with E-state index in [4.69, 9.17) is 13.6 Å². The van der Waals surface area contributed by atoms with Crippen LogP contribution < -0.4 is 0 Å². The first-order chi connectivity index (χ1) is 14.1. The van der Waals surface area contributed by atoms with Crippen LogP contribution in [0.4, 0.5) is 0 Å². The maximum Gasteiger partial charge on any atom is 0.482 e. The molecule has 3 atom stereocenters. The van der Waals surface area contributed by atoms with Crippen LogP contribution in [0.25, 0.3) is 0 Å². The van der Waals surface area contributed by atoms with E-state index in [1.165, 1.54) is 20.8 Å². The Balaban J connectivity index is 6.02. The minimum atomic E-state index is -5.14. The SMILES string of the molecule is C=C(C)C(=O)CC(C)(O)OP(=O)(OC(C)(O)CC(=O)C(=C)C)OC(C)(O)CC(=O)C(=C)C. The lowest BCUT2D eigenvalue weighted by atomic mass is 10.1. The van der Waals surface area contributed by atoms with Gasteiger partial charge in [-0.2, -0.15) is 0 Å². The van der Waals surface area contributed by atoms with Crippen LogP contribution >= 0.6 is 7.82 Å². The van der Waals surface area contributed by atoms with Gasteiger partial charge in [0.25, 0.3) is 0 Å². The Morgan fingerprint density at radius 1 is 0.656 bits per heavy atom. The van der Waals surface area contributed by atoms with E-state index in [9.17, 15) is 34.3 Å². The molecule has 32 heavy (non-hydrogen) atoms. The molecule has 3 N–H and O–H groups in total. The zero-order valence-electron chi connectivity index (χ0n) is 19.4. The lowest BCUT2D eigenvalue weighted by molar-refractivity contribution is -0.210. The summed E-state index contributed by atoms with van der Waals surface area (Å²) in [5, 5.41) is 31.4. The number of carbonyl (C=O) groups is 3. The molecule has 0 amide bonds. The fourth-order valence-electron chi connectivity index (χ4n) is 2.22. The van der Waals surface area contributed by atoms with E-state index >= 15 is 0 Å². The molecular weight excluding hydrogens is 443 g/mol. The largest absolute Gasteiger partial charge is 0.482 e. The van der Waals surface area contributed by atoms with Crippen LogP contribution in [0.15, 0.2) is 36.5 Å². The van der Waals surface area contributed by atoms with Gasteiger partial charge in [-0.05, 0) is 58.3 Å². The van der Waals surface area contributed by atoms with Crippen molar-refractivity contribution in [2.45, 2.75) is 78.2 Å². The van der Waals surface area contributed by atoms with Gasteiger partial charge in [0, 0.05) is 0 Å². The number of aliphatic hydroxyl groups is 3. The fourth-order valence-corrected chi connectivity index (χ4v) is 3.97. The second kappa shape index (κ2) is 10.9. The molecule has 0 saturated carbocycles. The van der Waals surface area contributed by atoms with Crippen molar-refractivity contribution < 1.29 is 47.8 Å². The highest BCUT2D eigenvalue weighted by molar-refractivity contribution is 7.48. The van der Waals surface area contributed by atoms with Crippen molar-refractivity contribution in [2.75, 3.05) is 0 Å². The summed E-state index contributed by atoms with van der Waals surface area (Å²) in [5.74, 6) is -9.32. The Kier molecular flexibility index (Phi) is 10.3. The standard InChI is InChI=1S/C21H33O10P/c1-13(2)16(22)10-19(7,25)29-32(28,30-20(8,26)11-17(23)14(3)4)31-21(9,27)12-18(24)15(5)6/h25-27H,1,3,5,10-12H2,2,4,6-9H3. The number of hydrogen-bond donors (Lipinski definition) is 3. The quantitative estimate of drug-likeness (QED) is 0.182. The highest BCUT2D eigenvalue weighted by Gasteiger charge is 2.48. The molecule has 0 aliphatic heterocycles. The van der Waals surface area contributed by atoms with Crippen LogP contribution in [0.2, 0.25) is 0 Å². The minimum Gasteiger partial charge on any atom is -0.365 e. The monoisotopic (exact) mass is 476 g/mol. The van der Waals surface area contributed by atoms with Crippen LogP contribution in [-0.4, -0.2) is 50.0 Å². The fraction of sp³-hybridized carbons (Fsp3) is 0.571. The first-order valence-corrected chi connectivity index (χ1v) is 11.0. The number of phosphoric acid groups is 1. The minimum absolute atomic E-state index is 0.0728. The number of rotatable bonds is 15. The molecule has 10 nitrogen and oxygen atoms in total. The number of hydrogen-bond acceptors (Lipinski definition) is 10. The van der Waals surface area contributed by atoms with Gasteiger partial charge in [0.15, 0.2) is 34.7 Å². The van der Waals surface area contributed by atoms with Crippen molar-refractivity contribution in [1.29, 1.82) is 0 Å². The van der Waals surface area contributed by atoms with E-state index < -0.39 is 61.8 Å². The van der Waals surface area contributed by atoms with Crippen molar-refractivity contribution >= 4 is 25.2 Å². The maximum atomic E-state index is 13.4. The van der Waals surface area contributed by atoms with Crippen LogP contribution in [0, 0.1) is 0 Å². The third kappa shape index (κ3) is 11.2. The summed E-state index contributed by atoms with van der Waals surface area (Å²) >= 11 is 0. The van der Waals surface area contributed by atoms with E-state index in [2.05, 4.69) is 19.7 Å². The van der Waals surface area contributed by atoms with Crippen molar-refractivity contribution in [1.82, 2.24) is 0 Å². The zero-order valence-corrected chi connectivity index (χ0v) is 20.3. The van der Waals surface area contributed by atoms with Gasteiger partial charge in [0.05, 0.1) is 19.3 Å². The predicted molar refractivity (Wildman–Crippen MR) is 116 cm³/mol. The molecule has 0 saturated heterocycles. The Hall–Kier alpha value is -1.78. The molecule has 0 aliphatic rings. The molecule has 0 heterocycles. The Labute approximate surface area is 188 Å². The van der Waals surface area contributed by atoms with E-state index in [0.29, 0.717) is 0 Å². The first kappa shape index (κ1) is 30.2. The molecule has 0 aromatic rings. The number of Topliss-reactive ketones (excluding diaryl/α,β-unsaturated/α-hetero) is 3. The van der Waals surface area contributed by atoms with Crippen molar-refractivity contribution in [2.24, 2.45) is 0 Å². The average Bonchev–Trinajstić information content (AvgIpc) is 2.50. The highest BCUT2D eigenvalue weighted by Crippen LogP contribution is 2.58. The van der Waals surface area contributed by atoms with E-state index in [1.807, 2.05) is 0 Å². The Morgan fingerprint density at radius 3 is 1.00 bits per heavy atom. The molecule has 0 rings (SSSR count). The van der Waals surface area contributed by atoms with Gasteiger partial charge in [-0.25, -0.2) is 4.57 Å². The Bertz CT molecular complexity index is 741. The maximum absolute atomic E-state index is 13.4. The molecule has 0 fully saturated rings. The summed E-state index contributed by atoms with van der Waals surface area (Å²) < 4.78 is 28.4. The average molecular weight is 476 g/mol. The summed E-state index contributed by atoms with van der Waals surface area (Å²) in [6.45, 7) is 17.3. The first-order valence-electron chi connectivity index (χ1n) is 9.56. The topological polar surface area (TPSA) is 157 Å². The summed E-state index contributed by atoms with van der Waals surface area (Å²) in [5.41, 5.74) is 0.218. The molecule has 0 radical (unpaired) electrons. The molecule has 0 aromatic carbocycles. The van der Waals surface area contributed by atoms with E-state index in [-0.39, 0.29) is 16.7 Å². The molecule has 0 aliphatic carbocycles. The van der Waals surface area contributed by atoms with Crippen LogP contribution in [0.5, 0.6) is 0 Å². The molecular formula is C21H33O10P. The van der Waals surface area contributed by atoms with Gasteiger partial charge >= 0.3 is 7.82 Å². The van der Waals surface area contributed by atoms with Crippen LogP contribution in [-0.2, 0) is 32.5 Å². The smallest absolute Gasteiger partial charge is 0.365 e. The second-order valence-electron chi connectivity index (χ2n) is 8.39. The lowest BCUT2D eigenvalue weighted by Crippen LogP contribution is -2.38. The lowest BCUT2D eigenvalue weighted by Gasteiger charge is -2.35. The molecule has 182 valence electrons. The van der Waals surface area contributed by atoms with Crippen molar-refractivity contribution in [3.05, 3.63) is 36.5 Å². The summed E-state index contributed by atoms with van der Waals surface area (Å²) in [6.07, 6.45) is -2.17. The van der Waals surface area contributed by atoms with Gasteiger partial charge in [0.1, 0.15) is 0 Å². The van der Waals surface area contributed by atoms with Gasteiger partial charge in [-0.15, -0.1) is 0 Å².